The van der Waals surface area contributed by atoms with Crippen molar-refractivity contribution in [1.82, 2.24) is 19.7 Å². The quantitative estimate of drug-likeness (QED) is 0.775. The Morgan fingerprint density at radius 1 is 1.17 bits per heavy atom. The minimum absolute atomic E-state index is 0.0770. The topological polar surface area (TPSA) is 72.7 Å². The second-order valence-electron chi connectivity index (χ2n) is 8.49. The summed E-state index contributed by atoms with van der Waals surface area (Å²) < 4.78 is 12.6. The van der Waals surface area contributed by atoms with E-state index in [9.17, 15) is 4.79 Å². The number of amides is 1. The summed E-state index contributed by atoms with van der Waals surface area (Å²) in [6.07, 6.45) is 11.3. The Labute approximate surface area is 175 Å². The van der Waals surface area contributed by atoms with Crippen molar-refractivity contribution < 1.29 is 14.3 Å². The number of hydrogen-bond donors (Lipinski definition) is 0. The average Bonchev–Trinajstić information content (AvgIpc) is 3.30. The third kappa shape index (κ3) is 3.25. The lowest BCUT2D eigenvalue weighted by Gasteiger charge is -2.37. The number of ether oxygens (including phenoxy) is 2. The second-order valence-corrected chi connectivity index (χ2v) is 8.49. The molecule has 2 saturated heterocycles. The van der Waals surface area contributed by atoms with Crippen molar-refractivity contribution >= 4 is 23.4 Å². The molecule has 0 bridgehead atoms. The number of nitrogens with zero attached hydrogens (tertiary/aromatic N) is 5. The van der Waals surface area contributed by atoms with Crippen LogP contribution in [-0.2, 0) is 15.9 Å². The molecule has 0 atom stereocenters. The Morgan fingerprint density at radius 3 is 2.73 bits per heavy atom. The average molecular weight is 407 g/mol. The molecule has 8 nitrogen and oxygen atoms in total. The van der Waals surface area contributed by atoms with Gasteiger partial charge in [0.25, 0.3) is 0 Å². The van der Waals surface area contributed by atoms with Crippen molar-refractivity contribution in [3.63, 3.8) is 0 Å². The van der Waals surface area contributed by atoms with Gasteiger partial charge in [0.15, 0.2) is 6.10 Å². The molecular weight excluding hydrogens is 382 g/mol. The number of piperazine rings is 1. The van der Waals surface area contributed by atoms with Crippen LogP contribution in [0, 0.1) is 0 Å². The highest BCUT2D eigenvalue weighted by molar-refractivity contribution is 5.91. The Morgan fingerprint density at radius 2 is 2.00 bits per heavy atom. The molecule has 3 fully saturated rings. The fourth-order valence-corrected chi connectivity index (χ4v) is 4.34. The van der Waals surface area contributed by atoms with Crippen LogP contribution >= 0.6 is 0 Å². The summed E-state index contributed by atoms with van der Waals surface area (Å²) in [5, 5.41) is 4.54. The zero-order valence-corrected chi connectivity index (χ0v) is 16.9. The van der Waals surface area contributed by atoms with Gasteiger partial charge in [-0.3, -0.25) is 9.67 Å². The summed E-state index contributed by atoms with van der Waals surface area (Å²) in [4.78, 5) is 21.1. The van der Waals surface area contributed by atoms with E-state index in [2.05, 4.69) is 38.0 Å². The van der Waals surface area contributed by atoms with E-state index >= 15 is 0 Å². The van der Waals surface area contributed by atoms with Gasteiger partial charge >= 0.3 is 6.09 Å². The van der Waals surface area contributed by atoms with E-state index in [-0.39, 0.29) is 12.2 Å². The van der Waals surface area contributed by atoms with Gasteiger partial charge in [-0.1, -0.05) is 0 Å². The Bertz CT molecular complexity index is 1000. The zero-order valence-electron chi connectivity index (χ0n) is 16.9. The summed E-state index contributed by atoms with van der Waals surface area (Å²) in [7, 11) is 0. The van der Waals surface area contributed by atoms with Gasteiger partial charge < -0.3 is 19.3 Å². The molecule has 4 heterocycles. The predicted molar refractivity (Wildman–Crippen MR) is 111 cm³/mol. The molecule has 0 N–H and O–H groups in total. The van der Waals surface area contributed by atoms with Crippen molar-refractivity contribution in [1.29, 1.82) is 0 Å². The fourth-order valence-electron chi connectivity index (χ4n) is 4.34. The molecule has 0 spiro atoms. The molecule has 4 aliphatic rings. The molecule has 0 aromatic carbocycles. The number of aromatic nitrogens is 3. The fraction of sp³-hybridized carbons (Fsp3) is 0.500. The smallest absolute Gasteiger partial charge is 0.410 e. The number of fused-ring (bicyclic) bond motifs is 1. The third-order valence-corrected chi connectivity index (χ3v) is 6.37. The summed E-state index contributed by atoms with van der Waals surface area (Å²) in [6, 6.07) is 2.68. The SMILES string of the molecule is O=C(OC1COC1)N1CCN(c2ccnc3c2C=C(c2cnn(C4CC4)c2)C3)CC1. The lowest BCUT2D eigenvalue weighted by atomic mass is 10.1. The lowest BCUT2D eigenvalue weighted by molar-refractivity contribution is -0.104. The van der Waals surface area contributed by atoms with Crippen molar-refractivity contribution in [3.05, 3.63) is 41.5 Å². The molecule has 2 aromatic rings. The predicted octanol–water partition coefficient (Wildman–Crippen LogP) is 2.37. The van der Waals surface area contributed by atoms with E-state index in [1.807, 2.05) is 12.4 Å². The van der Waals surface area contributed by atoms with Crippen LogP contribution in [0.25, 0.3) is 11.6 Å². The van der Waals surface area contributed by atoms with E-state index in [0.717, 1.165) is 25.2 Å². The lowest BCUT2D eigenvalue weighted by Crippen LogP contribution is -2.51. The number of carbonyl (C=O) groups excluding carboxylic acids is 1. The van der Waals surface area contributed by atoms with Gasteiger partial charge in [0, 0.05) is 61.8 Å². The molecule has 30 heavy (non-hydrogen) atoms. The van der Waals surface area contributed by atoms with Gasteiger partial charge in [-0.25, -0.2) is 4.79 Å². The highest BCUT2D eigenvalue weighted by Crippen LogP contribution is 2.38. The van der Waals surface area contributed by atoms with Crippen molar-refractivity contribution in [2.45, 2.75) is 31.4 Å². The molecule has 0 radical (unpaired) electrons. The highest BCUT2D eigenvalue weighted by Gasteiger charge is 2.30. The van der Waals surface area contributed by atoms with Gasteiger partial charge in [0.1, 0.15) is 0 Å². The monoisotopic (exact) mass is 407 g/mol. The van der Waals surface area contributed by atoms with Gasteiger partial charge in [0.2, 0.25) is 0 Å². The van der Waals surface area contributed by atoms with E-state index in [1.54, 1.807) is 4.90 Å². The summed E-state index contributed by atoms with van der Waals surface area (Å²) >= 11 is 0. The van der Waals surface area contributed by atoms with Crippen LogP contribution in [-0.4, -0.2) is 71.3 Å². The molecule has 0 unspecified atom stereocenters. The minimum Gasteiger partial charge on any atom is -0.441 e. The Balaban J connectivity index is 1.16. The van der Waals surface area contributed by atoms with E-state index in [1.165, 1.54) is 35.2 Å². The number of allylic oxidation sites excluding steroid dienone is 1. The molecule has 1 saturated carbocycles. The van der Waals surface area contributed by atoms with E-state index in [4.69, 9.17) is 9.47 Å². The maximum Gasteiger partial charge on any atom is 0.410 e. The van der Waals surface area contributed by atoms with Crippen LogP contribution in [0.5, 0.6) is 0 Å². The Hall–Kier alpha value is -2.87. The number of rotatable bonds is 4. The molecule has 156 valence electrons. The first-order valence-corrected chi connectivity index (χ1v) is 10.8. The van der Waals surface area contributed by atoms with Gasteiger partial charge in [-0.15, -0.1) is 0 Å². The molecule has 2 aromatic heterocycles. The first-order valence-electron chi connectivity index (χ1n) is 10.8. The summed E-state index contributed by atoms with van der Waals surface area (Å²) in [5.41, 5.74) is 5.99. The highest BCUT2D eigenvalue weighted by atomic mass is 16.6. The first kappa shape index (κ1) is 17.9. The zero-order chi connectivity index (χ0) is 20.1. The molecule has 1 amide bonds. The van der Waals surface area contributed by atoms with E-state index < -0.39 is 0 Å². The van der Waals surface area contributed by atoms with Crippen LogP contribution < -0.4 is 4.90 Å². The second kappa shape index (κ2) is 7.12. The van der Waals surface area contributed by atoms with Gasteiger partial charge in [0.05, 0.1) is 31.1 Å². The van der Waals surface area contributed by atoms with Crippen molar-refractivity contribution in [2.75, 3.05) is 44.3 Å². The van der Waals surface area contributed by atoms with Gasteiger partial charge in [-0.05, 0) is 30.6 Å². The molecule has 2 aliphatic carbocycles. The van der Waals surface area contributed by atoms with Crippen LogP contribution in [0.15, 0.2) is 24.7 Å². The van der Waals surface area contributed by atoms with Crippen LogP contribution in [0.3, 0.4) is 0 Å². The number of hydrogen-bond acceptors (Lipinski definition) is 6. The van der Waals surface area contributed by atoms with Crippen molar-refractivity contribution in [2.24, 2.45) is 0 Å². The van der Waals surface area contributed by atoms with Crippen LogP contribution in [0.2, 0.25) is 0 Å². The molecule has 2 aliphatic heterocycles. The number of carbonyl (C=O) groups is 1. The van der Waals surface area contributed by atoms with Crippen LogP contribution in [0.1, 0.15) is 35.7 Å². The largest absolute Gasteiger partial charge is 0.441 e. The number of pyridine rings is 1. The van der Waals surface area contributed by atoms with E-state index in [0.29, 0.717) is 32.3 Å². The number of anilines is 1. The summed E-state index contributed by atoms with van der Waals surface area (Å²) in [5.74, 6) is 0. The molecular formula is C22H25N5O3. The maximum absolute atomic E-state index is 12.3. The first-order chi connectivity index (χ1) is 14.7. The summed E-state index contributed by atoms with van der Waals surface area (Å²) in [6.45, 7) is 3.93. The third-order valence-electron chi connectivity index (χ3n) is 6.37. The molecule has 8 heteroatoms. The normalized spacial score (nSPS) is 21.3. The van der Waals surface area contributed by atoms with Crippen LogP contribution in [0.4, 0.5) is 10.5 Å². The van der Waals surface area contributed by atoms with Gasteiger partial charge in [-0.2, -0.15) is 5.10 Å². The minimum atomic E-state index is -0.224. The molecule has 6 rings (SSSR count). The Kier molecular flexibility index (Phi) is 4.26. The maximum atomic E-state index is 12.3. The standard InChI is InChI=1S/C22H25N5O3/c28-22(30-18-13-29-14-18)26-7-5-25(6-8-26)21-3-4-23-20-10-15(9-19(20)21)16-11-24-27(12-16)17-1-2-17/h3-4,9,11-12,17-18H,1-2,5-8,10,13-14H2. The van der Waals surface area contributed by atoms with Crippen molar-refractivity contribution in [3.8, 4) is 0 Å².